The zero-order valence-electron chi connectivity index (χ0n) is 10.3. The predicted octanol–water partition coefficient (Wildman–Crippen LogP) is 3.69. The average Bonchev–Trinajstić information content (AvgIpc) is 2.46. The zero-order valence-corrected chi connectivity index (χ0v) is 11.1. The normalized spacial score (nSPS) is 11.1. The summed E-state index contributed by atoms with van der Waals surface area (Å²) in [6, 6.07) is 12.3. The van der Waals surface area contributed by atoms with Crippen molar-refractivity contribution < 1.29 is 14.6 Å². The molecule has 0 heterocycles. The highest BCUT2D eigenvalue weighted by molar-refractivity contribution is 7.94. The predicted molar refractivity (Wildman–Crippen MR) is 76.5 cm³/mol. The van der Waals surface area contributed by atoms with Crippen LogP contribution in [0.4, 0.5) is 22.7 Å². The number of benzene rings is 2. The van der Waals surface area contributed by atoms with Crippen molar-refractivity contribution in [1.82, 2.24) is 0 Å². The van der Waals surface area contributed by atoms with Crippen LogP contribution < -0.4 is 11.5 Å². The molecule has 0 amide bonds. The Bertz CT molecular complexity index is 607. The molecule has 0 saturated heterocycles. The second-order valence-electron chi connectivity index (χ2n) is 3.71. The van der Waals surface area contributed by atoms with Gasteiger partial charge in [-0.2, -0.15) is 5.11 Å². The molecule has 2 rings (SSSR count). The van der Waals surface area contributed by atoms with E-state index in [1.807, 2.05) is 30.3 Å². The molecule has 0 aromatic heterocycles. The Kier molecular flexibility index (Phi) is 4.91. The second-order valence-corrected chi connectivity index (χ2v) is 4.45. The third-order valence-corrected chi connectivity index (χ3v) is 3.00. The van der Waals surface area contributed by atoms with Gasteiger partial charge in [-0.1, -0.05) is 23.2 Å². The standard InChI is InChI=1S/C12H12N4O3S/c13-9-6-10(14)12(20-19-18-17)7-11(9)16-15-8-4-2-1-3-5-8/h1-7,17H,13-14H2. The second kappa shape index (κ2) is 6.87. The van der Waals surface area contributed by atoms with Crippen molar-refractivity contribution in [3.63, 3.8) is 0 Å². The Morgan fingerprint density at radius 1 is 1.00 bits per heavy atom. The summed E-state index contributed by atoms with van der Waals surface area (Å²) in [6.07, 6.45) is 0. The lowest BCUT2D eigenvalue weighted by Crippen LogP contribution is -1.93. The van der Waals surface area contributed by atoms with E-state index in [0.717, 1.165) is 12.0 Å². The largest absolute Gasteiger partial charge is 0.398 e. The first-order valence-corrected chi connectivity index (χ1v) is 6.25. The van der Waals surface area contributed by atoms with E-state index in [1.165, 1.54) is 6.07 Å². The fourth-order valence-electron chi connectivity index (χ4n) is 1.42. The van der Waals surface area contributed by atoms with Crippen LogP contribution in [0.2, 0.25) is 0 Å². The van der Waals surface area contributed by atoms with Crippen LogP contribution in [-0.2, 0) is 9.37 Å². The first kappa shape index (κ1) is 14.3. The molecule has 5 N–H and O–H groups in total. The molecule has 0 aliphatic rings. The first-order chi connectivity index (χ1) is 9.70. The van der Waals surface area contributed by atoms with Crippen LogP contribution in [0.15, 0.2) is 57.6 Å². The Balaban J connectivity index is 2.25. The van der Waals surface area contributed by atoms with E-state index in [2.05, 4.69) is 19.6 Å². The molecule has 0 radical (unpaired) electrons. The lowest BCUT2D eigenvalue weighted by molar-refractivity contribution is -0.432. The topological polar surface area (TPSA) is 115 Å². The summed E-state index contributed by atoms with van der Waals surface area (Å²) in [5.74, 6) is 0. The highest BCUT2D eigenvalue weighted by atomic mass is 32.2. The molecule has 104 valence electrons. The van der Waals surface area contributed by atoms with Gasteiger partial charge in [-0.25, -0.2) is 5.26 Å². The van der Waals surface area contributed by atoms with Crippen LogP contribution >= 0.6 is 12.0 Å². The van der Waals surface area contributed by atoms with Gasteiger partial charge in [-0.15, -0.1) is 9.45 Å². The van der Waals surface area contributed by atoms with Crippen LogP contribution in [0.1, 0.15) is 0 Å². The van der Waals surface area contributed by atoms with Crippen molar-refractivity contribution >= 4 is 34.8 Å². The lowest BCUT2D eigenvalue weighted by atomic mass is 10.2. The molecule has 0 atom stereocenters. The van der Waals surface area contributed by atoms with E-state index in [-0.39, 0.29) is 0 Å². The van der Waals surface area contributed by atoms with Gasteiger partial charge in [-0.05, 0) is 24.3 Å². The van der Waals surface area contributed by atoms with Crippen LogP contribution in [0, 0.1) is 0 Å². The monoisotopic (exact) mass is 292 g/mol. The minimum absolute atomic E-state index is 0.378. The smallest absolute Gasteiger partial charge is 0.110 e. The van der Waals surface area contributed by atoms with Crippen LogP contribution in [0.5, 0.6) is 0 Å². The minimum Gasteiger partial charge on any atom is -0.398 e. The summed E-state index contributed by atoms with van der Waals surface area (Å²) in [6.45, 7) is 0. The van der Waals surface area contributed by atoms with Gasteiger partial charge < -0.3 is 11.5 Å². The number of azo groups is 1. The molecular formula is C12H12N4O3S. The number of hydrogen-bond acceptors (Lipinski definition) is 8. The van der Waals surface area contributed by atoms with Gasteiger partial charge in [0, 0.05) is 5.69 Å². The van der Waals surface area contributed by atoms with Crippen LogP contribution in [-0.4, -0.2) is 5.26 Å². The molecule has 0 spiro atoms. The number of nitrogen functional groups attached to an aromatic ring is 2. The fourth-order valence-corrected chi connectivity index (χ4v) is 1.84. The molecule has 0 bridgehead atoms. The van der Waals surface area contributed by atoms with E-state index in [0.29, 0.717) is 27.6 Å². The SMILES string of the molecule is Nc1cc(N)c(SOOO)cc1N=Nc1ccccc1. The molecule has 0 saturated carbocycles. The summed E-state index contributed by atoms with van der Waals surface area (Å²) >= 11 is 0.737. The lowest BCUT2D eigenvalue weighted by Gasteiger charge is -2.06. The fraction of sp³-hybridized carbons (Fsp3) is 0. The maximum atomic E-state index is 8.14. The van der Waals surface area contributed by atoms with Gasteiger partial charge in [0.2, 0.25) is 0 Å². The summed E-state index contributed by atoms with van der Waals surface area (Å²) < 4.78 is 4.34. The van der Waals surface area contributed by atoms with Crippen molar-refractivity contribution in [2.45, 2.75) is 4.90 Å². The molecule has 2 aromatic carbocycles. The number of hydrogen-bond donors (Lipinski definition) is 3. The molecule has 0 fully saturated rings. The Morgan fingerprint density at radius 3 is 2.45 bits per heavy atom. The van der Waals surface area contributed by atoms with Crippen molar-refractivity contribution in [2.75, 3.05) is 11.5 Å². The Labute approximate surface area is 119 Å². The van der Waals surface area contributed by atoms with Gasteiger partial charge in [0.25, 0.3) is 0 Å². The third kappa shape index (κ3) is 3.68. The van der Waals surface area contributed by atoms with Gasteiger partial charge in [0.1, 0.15) is 5.69 Å². The van der Waals surface area contributed by atoms with Gasteiger partial charge in [-0.3, -0.25) is 0 Å². The van der Waals surface area contributed by atoms with E-state index in [9.17, 15) is 0 Å². The van der Waals surface area contributed by atoms with Crippen LogP contribution in [0.25, 0.3) is 0 Å². The Morgan fingerprint density at radius 2 is 1.75 bits per heavy atom. The Hall–Kier alpha value is -2.13. The maximum absolute atomic E-state index is 8.14. The molecule has 2 aromatic rings. The zero-order chi connectivity index (χ0) is 14.4. The highest BCUT2D eigenvalue weighted by Gasteiger charge is 2.07. The molecule has 20 heavy (non-hydrogen) atoms. The first-order valence-electron chi connectivity index (χ1n) is 5.51. The van der Waals surface area contributed by atoms with E-state index in [4.69, 9.17) is 16.7 Å². The van der Waals surface area contributed by atoms with E-state index >= 15 is 0 Å². The maximum Gasteiger partial charge on any atom is 0.110 e. The summed E-state index contributed by atoms with van der Waals surface area (Å²) in [4.78, 5) is 0.496. The van der Waals surface area contributed by atoms with E-state index in [1.54, 1.807) is 6.07 Å². The van der Waals surface area contributed by atoms with Crippen LogP contribution in [0.3, 0.4) is 0 Å². The van der Waals surface area contributed by atoms with Crippen molar-refractivity contribution in [3.8, 4) is 0 Å². The molecular weight excluding hydrogens is 280 g/mol. The van der Waals surface area contributed by atoms with Crippen molar-refractivity contribution in [1.29, 1.82) is 0 Å². The van der Waals surface area contributed by atoms with Gasteiger partial charge in [0.15, 0.2) is 0 Å². The summed E-state index contributed by atoms with van der Waals surface area (Å²) in [7, 11) is 0. The number of nitrogens with two attached hydrogens (primary N) is 2. The molecule has 0 aliphatic carbocycles. The third-order valence-electron chi connectivity index (χ3n) is 2.34. The van der Waals surface area contributed by atoms with Gasteiger partial charge in [0.05, 0.1) is 28.3 Å². The summed E-state index contributed by atoms with van der Waals surface area (Å²) in [5.41, 5.74) is 13.5. The van der Waals surface area contributed by atoms with Crippen molar-refractivity contribution in [2.24, 2.45) is 10.2 Å². The molecule has 0 aliphatic heterocycles. The highest BCUT2D eigenvalue weighted by Crippen LogP contribution is 2.35. The molecule has 7 nitrogen and oxygen atoms in total. The quantitative estimate of drug-likeness (QED) is 0.254. The number of nitrogens with zero attached hydrogens (tertiary/aromatic N) is 2. The average molecular weight is 292 g/mol. The van der Waals surface area contributed by atoms with Gasteiger partial charge >= 0.3 is 0 Å². The molecule has 0 unspecified atom stereocenters. The van der Waals surface area contributed by atoms with Crippen molar-refractivity contribution in [3.05, 3.63) is 42.5 Å². The van der Waals surface area contributed by atoms with E-state index < -0.39 is 0 Å². The number of anilines is 2. The molecule has 8 heteroatoms. The number of rotatable bonds is 5. The summed E-state index contributed by atoms with van der Waals surface area (Å²) in [5, 5.41) is 19.8. The minimum atomic E-state index is 0.378.